The molecule has 1 nitrogen and oxygen atoms in total. The van der Waals surface area contributed by atoms with E-state index in [1.54, 1.807) is 0 Å². The molecule has 0 spiro atoms. The molecule has 1 unspecified atom stereocenters. The molecule has 0 amide bonds. The summed E-state index contributed by atoms with van der Waals surface area (Å²) in [7, 11) is 0. The monoisotopic (exact) mass is 245 g/mol. The molecule has 1 heterocycles. The first kappa shape index (κ1) is 12.3. The van der Waals surface area contributed by atoms with Crippen LogP contribution >= 0.6 is 11.3 Å². The summed E-state index contributed by atoms with van der Waals surface area (Å²) in [5.41, 5.74) is 2.68. The first-order chi connectivity index (χ1) is 8.25. The fourth-order valence-corrected chi connectivity index (χ4v) is 2.55. The lowest BCUT2D eigenvalue weighted by molar-refractivity contribution is 0.578. The van der Waals surface area contributed by atoms with Crippen molar-refractivity contribution in [2.24, 2.45) is 0 Å². The van der Waals surface area contributed by atoms with E-state index in [1.807, 2.05) is 11.3 Å². The van der Waals surface area contributed by atoms with Crippen molar-refractivity contribution in [1.29, 1.82) is 0 Å². The summed E-state index contributed by atoms with van der Waals surface area (Å²) in [6.45, 7) is 5.38. The number of hydrogen-bond donors (Lipinski definition) is 1. The molecule has 2 heteroatoms. The molecule has 0 aliphatic carbocycles. The van der Waals surface area contributed by atoms with E-state index in [0.717, 1.165) is 13.0 Å². The van der Waals surface area contributed by atoms with Crippen LogP contribution in [-0.2, 0) is 6.42 Å². The topological polar surface area (TPSA) is 12.0 Å². The Kier molecular flexibility index (Phi) is 4.35. The third-order valence-corrected chi connectivity index (χ3v) is 3.92. The highest BCUT2D eigenvalue weighted by atomic mass is 32.1. The maximum atomic E-state index is 3.56. The summed E-state index contributed by atoms with van der Waals surface area (Å²) in [4.78, 5) is 1.45. The molecular formula is C15H19NS. The molecule has 0 bridgehead atoms. The van der Waals surface area contributed by atoms with Gasteiger partial charge < -0.3 is 5.32 Å². The van der Waals surface area contributed by atoms with Gasteiger partial charge in [-0.15, -0.1) is 11.3 Å². The average molecular weight is 245 g/mol. The number of hydrogen-bond acceptors (Lipinski definition) is 2. The highest BCUT2D eigenvalue weighted by molar-refractivity contribution is 7.09. The summed E-state index contributed by atoms with van der Waals surface area (Å²) in [6, 6.07) is 13.5. The molecular weight excluding hydrogens is 226 g/mol. The van der Waals surface area contributed by atoms with Crippen molar-refractivity contribution in [2.45, 2.75) is 26.3 Å². The normalized spacial score (nSPS) is 12.6. The Morgan fingerprint density at radius 2 is 1.94 bits per heavy atom. The van der Waals surface area contributed by atoms with E-state index in [0.29, 0.717) is 6.04 Å². The molecule has 2 aromatic rings. The second kappa shape index (κ2) is 5.99. The van der Waals surface area contributed by atoms with Crippen LogP contribution in [-0.4, -0.2) is 6.54 Å². The summed E-state index contributed by atoms with van der Waals surface area (Å²) >= 11 is 1.83. The van der Waals surface area contributed by atoms with Crippen LogP contribution in [0.2, 0.25) is 0 Å². The third-order valence-electron chi connectivity index (χ3n) is 2.98. The van der Waals surface area contributed by atoms with Crippen LogP contribution in [0.1, 0.15) is 29.0 Å². The van der Waals surface area contributed by atoms with Crippen molar-refractivity contribution in [3.05, 3.63) is 57.8 Å². The largest absolute Gasteiger partial charge is 0.310 e. The molecule has 17 heavy (non-hydrogen) atoms. The van der Waals surface area contributed by atoms with Gasteiger partial charge in [-0.25, -0.2) is 0 Å². The van der Waals surface area contributed by atoms with Crippen LogP contribution in [0, 0.1) is 6.92 Å². The fraction of sp³-hybridized carbons (Fsp3) is 0.333. The van der Waals surface area contributed by atoms with E-state index >= 15 is 0 Å². The lowest BCUT2D eigenvalue weighted by atomic mass is 10.1. The quantitative estimate of drug-likeness (QED) is 0.841. The van der Waals surface area contributed by atoms with Crippen molar-refractivity contribution >= 4 is 11.3 Å². The minimum atomic E-state index is 0.426. The molecule has 0 radical (unpaired) electrons. The molecule has 1 aromatic heterocycles. The second-order valence-electron chi connectivity index (χ2n) is 4.42. The minimum Gasteiger partial charge on any atom is -0.310 e. The molecule has 1 N–H and O–H groups in total. The molecule has 1 atom stereocenters. The van der Waals surface area contributed by atoms with Gasteiger partial charge in [0.15, 0.2) is 0 Å². The lowest BCUT2D eigenvalue weighted by Crippen LogP contribution is -2.21. The lowest BCUT2D eigenvalue weighted by Gasteiger charge is -2.14. The Hall–Kier alpha value is -1.12. The van der Waals surface area contributed by atoms with Gasteiger partial charge in [0.2, 0.25) is 0 Å². The van der Waals surface area contributed by atoms with Crippen molar-refractivity contribution in [3.8, 4) is 0 Å². The first-order valence-corrected chi connectivity index (χ1v) is 6.96. The SMILES string of the molecule is Cc1ccc(C(C)NCCc2cccs2)cc1. The van der Waals surface area contributed by atoms with Crippen LogP contribution in [0.4, 0.5) is 0 Å². The standard InChI is InChI=1S/C15H19NS/c1-12-5-7-14(8-6-12)13(2)16-10-9-15-4-3-11-17-15/h3-8,11,13,16H,9-10H2,1-2H3. The van der Waals surface area contributed by atoms with Crippen molar-refractivity contribution in [3.63, 3.8) is 0 Å². The van der Waals surface area contributed by atoms with E-state index in [2.05, 4.69) is 60.9 Å². The summed E-state index contributed by atoms with van der Waals surface area (Å²) in [6.07, 6.45) is 1.12. The van der Waals surface area contributed by atoms with Gasteiger partial charge in [-0.1, -0.05) is 35.9 Å². The average Bonchev–Trinajstić information content (AvgIpc) is 2.83. The van der Waals surface area contributed by atoms with E-state index in [4.69, 9.17) is 0 Å². The summed E-state index contributed by atoms with van der Waals surface area (Å²) < 4.78 is 0. The smallest absolute Gasteiger partial charge is 0.0291 e. The maximum Gasteiger partial charge on any atom is 0.0291 e. The zero-order chi connectivity index (χ0) is 12.1. The van der Waals surface area contributed by atoms with Gasteiger partial charge in [-0.2, -0.15) is 0 Å². The molecule has 1 aromatic carbocycles. The van der Waals surface area contributed by atoms with E-state index in [9.17, 15) is 0 Å². The number of aryl methyl sites for hydroxylation is 1. The van der Waals surface area contributed by atoms with Crippen molar-refractivity contribution < 1.29 is 0 Å². The number of thiophene rings is 1. The van der Waals surface area contributed by atoms with E-state index in [-0.39, 0.29) is 0 Å². The molecule has 0 aliphatic rings. The molecule has 2 rings (SSSR count). The van der Waals surface area contributed by atoms with Crippen molar-refractivity contribution in [1.82, 2.24) is 5.32 Å². The van der Waals surface area contributed by atoms with Crippen LogP contribution in [0.5, 0.6) is 0 Å². The first-order valence-electron chi connectivity index (χ1n) is 6.08. The maximum absolute atomic E-state index is 3.56. The zero-order valence-corrected chi connectivity index (χ0v) is 11.3. The number of benzene rings is 1. The predicted molar refractivity (Wildman–Crippen MR) is 75.6 cm³/mol. The molecule has 0 fully saturated rings. The molecule has 0 aliphatic heterocycles. The minimum absolute atomic E-state index is 0.426. The van der Waals surface area contributed by atoms with Gasteiger partial charge in [0.25, 0.3) is 0 Å². The zero-order valence-electron chi connectivity index (χ0n) is 10.4. The fourth-order valence-electron chi connectivity index (χ4n) is 1.84. The Bertz CT molecular complexity index is 430. The Morgan fingerprint density at radius 1 is 1.18 bits per heavy atom. The number of nitrogens with one attached hydrogen (secondary N) is 1. The molecule has 0 saturated heterocycles. The van der Waals surface area contributed by atoms with Gasteiger partial charge in [-0.3, -0.25) is 0 Å². The highest BCUT2D eigenvalue weighted by Crippen LogP contribution is 2.13. The van der Waals surface area contributed by atoms with Gasteiger partial charge >= 0.3 is 0 Å². The Balaban J connectivity index is 1.81. The Labute approximate surface area is 108 Å². The van der Waals surface area contributed by atoms with Gasteiger partial charge in [0, 0.05) is 17.5 Å². The third kappa shape index (κ3) is 3.69. The van der Waals surface area contributed by atoms with E-state index < -0.39 is 0 Å². The highest BCUT2D eigenvalue weighted by Gasteiger charge is 2.03. The number of rotatable bonds is 5. The predicted octanol–water partition coefficient (Wildman–Crippen LogP) is 3.95. The van der Waals surface area contributed by atoms with E-state index in [1.165, 1.54) is 16.0 Å². The van der Waals surface area contributed by atoms with Crippen LogP contribution in [0.15, 0.2) is 41.8 Å². The van der Waals surface area contributed by atoms with Crippen LogP contribution in [0.3, 0.4) is 0 Å². The second-order valence-corrected chi connectivity index (χ2v) is 5.45. The van der Waals surface area contributed by atoms with Crippen LogP contribution < -0.4 is 5.32 Å². The summed E-state index contributed by atoms with van der Waals surface area (Å²) in [5.74, 6) is 0. The van der Waals surface area contributed by atoms with Gasteiger partial charge in [-0.05, 0) is 37.3 Å². The van der Waals surface area contributed by atoms with Gasteiger partial charge in [0.1, 0.15) is 0 Å². The van der Waals surface area contributed by atoms with Gasteiger partial charge in [0.05, 0.1) is 0 Å². The van der Waals surface area contributed by atoms with Crippen LogP contribution in [0.25, 0.3) is 0 Å². The summed E-state index contributed by atoms with van der Waals surface area (Å²) in [5, 5.41) is 5.70. The Morgan fingerprint density at radius 3 is 2.59 bits per heavy atom. The molecule has 0 saturated carbocycles. The molecule has 90 valence electrons. The van der Waals surface area contributed by atoms with Crippen molar-refractivity contribution in [2.75, 3.05) is 6.54 Å².